The molecule has 2 aromatic heterocycles. The lowest BCUT2D eigenvalue weighted by Gasteiger charge is -2.36. The van der Waals surface area contributed by atoms with Gasteiger partial charge in [0.1, 0.15) is 12.0 Å². The molecule has 8 nitrogen and oxygen atoms in total. The van der Waals surface area contributed by atoms with Crippen molar-refractivity contribution < 1.29 is 9.53 Å². The number of benzene rings is 1. The first-order valence-electron chi connectivity index (χ1n) is 9.69. The molecule has 1 saturated carbocycles. The van der Waals surface area contributed by atoms with E-state index in [9.17, 15) is 4.79 Å². The fourth-order valence-electron chi connectivity index (χ4n) is 3.53. The second kappa shape index (κ2) is 7.10. The predicted octanol–water partition coefficient (Wildman–Crippen LogP) is 2.10. The summed E-state index contributed by atoms with van der Waals surface area (Å²) in [7, 11) is 0. The summed E-state index contributed by atoms with van der Waals surface area (Å²) in [6.07, 6.45) is 5.65. The van der Waals surface area contributed by atoms with Crippen molar-refractivity contribution in [2.24, 2.45) is 5.92 Å². The lowest BCUT2D eigenvalue weighted by molar-refractivity contribution is 0.0741. The summed E-state index contributed by atoms with van der Waals surface area (Å²) in [5.41, 5.74) is 2.53. The van der Waals surface area contributed by atoms with Crippen molar-refractivity contribution in [2.45, 2.75) is 12.8 Å². The minimum absolute atomic E-state index is 0.000163. The molecule has 28 heavy (non-hydrogen) atoms. The summed E-state index contributed by atoms with van der Waals surface area (Å²) in [5, 5.41) is 7.55. The van der Waals surface area contributed by atoms with Gasteiger partial charge in [0, 0.05) is 38.1 Å². The van der Waals surface area contributed by atoms with Crippen LogP contribution >= 0.6 is 0 Å². The molecule has 0 spiro atoms. The maximum absolute atomic E-state index is 12.5. The van der Waals surface area contributed by atoms with Gasteiger partial charge in [-0.3, -0.25) is 9.89 Å². The zero-order valence-electron chi connectivity index (χ0n) is 15.5. The van der Waals surface area contributed by atoms with E-state index >= 15 is 0 Å². The molecule has 0 bridgehead atoms. The smallest absolute Gasteiger partial charge is 0.271 e. The van der Waals surface area contributed by atoms with Crippen LogP contribution in [0.5, 0.6) is 5.88 Å². The van der Waals surface area contributed by atoms with Crippen LogP contribution in [0.3, 0.4) is 0 Å². The maximum Gasteiger partial charge on any atom is 0.271 e. The van der Waals surface area contributed by atoms with Gasteiger partial charge >= 0.3 is 0 Å². The van der Waals surface area contributed by atoms with E-state index in [2.05, 4.69) is 37.2 Å². The predicted molar refractivity (Wildman–Crippen MR) is 104 cm³/mol. The van der Waals surface area contributed by atoms with E-state index in [1.54, 1.807) is 18.6 Å². The lowest BCUT2D eigenvalue weighted by Crippen LogP contribution is -2.48. The number of carbonyl (C=O) groups excluding carboxylic acids is 1. The standard InChI is InChI=1S/C20H22N6O2/c27-20(18-5-6-23-24-18)26-9-7-25(8-10-26)15-3-4-17-16(11-15)19(22-13-21-17)28-12-14-1-2-14/h3-6,11,13-14H,1-2,7-10,12H2,(H,23,24). The van der Waals surface area contributed by atoms with Crippen LogP contribution in [0.1, 0.15) is 23.3 Å². The third-order valence-corrected chi connectivity index (χ3v) is 5.40. The van der Waals surface area contributed by atoms with E-state index in [-0.39, 0.29) is 5.91 Å². The van der Waals surface area contributed by atoms with Crippen LogP contribution in [-0.4, -0.2) is 63.8 Å². The number of H-pyrrole nitrogens is 1. The fraction of sp³-hybridized carbons (Fsp3) is 0.400. The first-order chi connectivity index (χ1) is 13.8. The second-order valence-corrected chi connectivity index (χ2v) is 7.38. The van der Waals surface area contributed by atoms with E-state index in [1.165, 1.54) is 12.8 Å². The van der Waals surface area contributed by atoms with Crippen LogP contribution in [0.25, 0.3) is 10.9 Å². The Morgan fingerprint density at radius 3 is 2.75 bits per heavy atom. The number of fused-ring (bicyclic) bond motifs is 1. The number of ether oxygens (including phenoxy) is 1. The average Bonchev–Trinajstić information content (AvgIpc) is 3.42. The molecule has 1 aromatic carbocycles. The summed E-state index contributed by atoms with van der Waals surface area (Å²) in [5.74, 6) is 1.33. The summed E-state index contributed by atoms with van der Waals surface area (Å²) >= 11 is 0. The maximum atomic E-state index is 12.5. The van der Waals surface area contributed by atoms with Crippen LogP contribution in [-0.2, 0) is 0 Å². The first-order valence-corrected chi connectivity index (χ1v) is 9.69. The Bertz CT molecular complexity index is 978. The Labute approximate surface area is 162 Å². The normalized spacial score (nSPS) is 17.1. The monoisotopic (exact) mass is 378 g/mol. The van der Waals surface area contributed by atoms with Crippen LogP contribution in [0.4, 0.5) is 5.69 Å². The topological polar surface area (TPSA) is 87.2 Å². The molecule has 2 aliphatic rings. The molecule has 3 heterocycles. The highest BCUT2D eigenvalue weighted by molar-refractivity contribution is 5.92. The van der Waals surface area contributed by atoms with Gasteiger partial charge in [0.2, 0.25) is 5.88 Å². The third-order valence-electron chi connectivity index (χ3n) is 5.40. The van der Waals surface area contributed by atoms with Gasteiger partial charge in [0.25, 0.3) is 5.91 Å². The van der Waals surface area contributed by atoms with Gasteiger partial charge in [-0.2, -0.15) is 5.10 Å². The number of anilines is 1. The van der Waals surface area contributed by atoms with Crippen molar-refractivity contribution in [3.63, 3.8) is 0 Å². The summed E-state index contributed by atoms with van der Waals surface area (Å²) in [4.78, 5) is 25.3. The quantitative estimate of drug-likeness (QED) is 0.732. The number of nitrogens with one attached hydrogen (secondary N) is 1. The molecule has 2 fully saturated rings. The van der Waals surface area contributed by atoms with Gasteiger partial charge in [-0.15, -0.1) is 0 Å². The van der Waals surface area contributed by atoms with Crippen molar-refractivity contribution in [2.75, 3.05) is 37.7 Å². The second-order valence-electron chi connectivity index (χ2n) is 7.38. The minimum Gasteiger partial charge on any atom is -0.477 e. The van der Waals surface area contributed by atoms with Crippen LogP contribution in [0, 0.1) is 5.92 Å². The molecule has 3 aromatic rings. The van der Waals surface area contributed by atoms with E-state index in [0.29, 0.717) is 30.6 Å². The highest BCUT2D eigenvalue weighted by atomic mass is 16.5. The molecular weight excluding hydrogens is 356 g/mol. The van der Waals surface area contributed by atoms with Crippen LogP contribution in [0.15, 0.2) is 36.8 Å². The van der Waals surface area contributed by atoms with E-state index in [1.807, 2.05) is 11.0 Å². The number of nitrogens with zero attached hydrogens (tertiary/aromatic N) is 5. The highest BCUT2D eigenvalue weighted by Crippen LogP contribution is 2.32. The zero-order valence-corrected chi connectivity index (χ0v) is 15.5. The van der Waals surface area contributed by atoms with Gasteiger partial charge in [0.05, 0.1) is 17.5 Å². The molecule has 1 amide bonds. The molecule has 0 radical (unpaired) electrons. The summed E-state index contributed by atoms with van der Waals surface area (Å²) in [6.45, 7) is 3.62. The SMILES string of the molecule is O=C(c1ccn[nH]1)N1CCN(c2ccc3ncnc(OCC4CC4)c3c2)CC1. The molecule has 1 aliphatic heterocycles. The lowest BCUT2D eigenvalue weighted by atomic mass is 10.2. The van der Waals surface area contributed by atoms with E-state index in [4.69, 9.17) is 4.74 Å². The Balaban J connectivity index is 1.31. The number of rotatable bonds is 5. The number of aromatic amines is 1. The summed E-state index contributed by atoms with van der Waals surface area (Å²) in [6, 6.07) is 7.90. The highest BCUT2D eigenvalue weighted by Gasteiger charge is 2.24. The van der Waals surface area contributed by atoms with Crippen molar-refractivity contribution in [1.82, 2.24) is 25.1 Å². The van der Waals surface area contributed by atoms with Crippen molar-refractivity contribution in [1.29, 1.82) is 0 Å². The molecule has 1 N–H and O–H groups in total. The van der Waals surface area contributed by atoms with Crippen LogP contribution in [0.2, 0.25) is 0 Å². The van der Waals surface area contributed by atoms with Crippen LogP contribution < -0.4 is 9.64 Å². The average molecular weight is 378 g/mol. The van der Waals surface area contributed by atoms with Crippen molar-refractivity contribution >= 4 is 22.5 Å². The van der Waals surface area contributed by atoms with E-state index in [0.717, 1.165) is 36.3 Å². The molecule has 8 heteroatoms. The fourth-order valence-corrected chi connectivity index (χ4v) is 3.53. The molecule has 0 unspecified atom stereocenters. The van der Waals surface area contributed by atoms with E-state index < -0.39 is 0 Å². The first kappa shape index (κ1) is 17.0. The molecule has 1 saturated heterocycles. The molecule has 1 aliphatic carbocycles. The molecular formula is C20H22N6O2. The largest absolute Gasteiger partial charge is 0.477 e. The number of carbonyl (C=O) groups is 1. The molecule has 0 atom stereocenters. The molecule has 144 valence electrons. The Morgan fingerprint density at radius 1 is 1.14 bits per heavy atom. The summed E-state index contributed by atoms with van der Waals surface area (Å²) < 4.78 is 5.94. The number of amides is 1. The van der Waals surface area contributed by atoms with Gasteiger partial charge in [-0.1, -0.05) is 0 Å². The van der Waals surface area contributed by atoms with Crippen molar-refractivity contribution in [3.05, 3.63) is 42.5 Å². The third kappa shape index (κ3) is 3.37. The van der Waals surface area contributed by atoms with Gasteiger partial charge in [0.15, 0.2) is 0 Å². The Morgan fingerprint density at radius 2 is 2.00 bits per heavy atom. The minimum atomic E-state index is -0.000163. The van der Waals surface area contributed by atoms with Gasteiger partial charge < -0.3 is 14.5 Å². The zero-order chi connectivity index (χ0) is 18.9. The number of aromatic nitrogens is 4. The number of hydrogen-bond acceptors (Lipinski definition) is 6. The Kier molecular flexibility index (Phi) is 4.31. The number of hydrogen-bond donors (Lipinski definition) is 1. The molecule has 5 rings (SSSR count). The Hall–Kier alpha value is -3.16. The van der Waals surface area contributed by atoms with Gasteiger partial charge in [-0.05, 0) is 43.0 Å². The van der Waals surface area contributed by atoms with Gasteiger partial charge in [-0.25, -0.2) is 9.97 Å². The van der Waals surface area contributed by atoms with Crippen molar-refractivity contribution in [3.8, 4) is 5.88 Å². The number of piperazine rings is 1.